The Balaban J connectivity index is 3.42. The summed E-state index contributed by atoms with van der Waals surface area (Å²) in [5.41, 5.74) is 5.22. The molecule has 0 spiro atoms. The molecule has 14 heavy (non-hydrogen) atoms. The van der Waals surface area contributed by atoms with Gasteiger partial charge in [0.2, 0.25) is 5.91 Å². The van der Waals surface area contributed by atoms with Crippen molar-refractivity contribution in [3.8, 4) is 6.07 Å². The van der Waals surface area contributed by atoms with Crippen molar-refractivity contribution in [1.29, 1.82) is 5.26 Å². The minimum absolute atomic E-state index is 0.00788. The number of ether oxygens (including phenoxy) is 1. The van der Waals surface area contributed by atoms with E-state index >= 15 is 0 Å². The minimum Gasteiger partial charge on any atom is -0.370 e. The van der Waals surface area contributed by atoms with E-state index in [1.807, 2.05) is 19.9 Å². The summed E-state index contributed by atoms with van der Waals surface area (Å²) in [6, 6.07) is 1.93. The van der Waals surface area contributed by atoms with Crippen LogP contribution in [0.5, 0.6) is 0 Å². The Kier molecular flexibility index (Phi) is 5.84. The molecule has 0 aromatic rings. The molecule has 0 aromatic heterocycles. The molecule has 0 saturated carbocycles. The molecule has 0 saturated heterocycles. The SMILES string of the molecule is CC(C)(N)COCC(=O)NCCC#N. The summed E-state index contributed by atoms with van der Waals surface area (Å²) in [7, 11) is 0. The van der Waals surface area contributed by atoms with Gasteiger partial charge in [-0.1, -0.05) is 0 Å². The number of carbonyl (C=O) groups excluding carboxylic acids is 1. The molecule has 1 amide bonds. The van der Waals surface area contributed by atoms with Crippen LogP contribution < -0.4 is 11.1 Å². The summed E-state index contributed by atoms with van der Waals surface area (Å²) in [6.45, 7) is 4.33. The van der Waals surface area contributed by atoms with Gasteiger partial charge in [0.1, 0.15) is 6.61 Å². The van der Waals surface area contributed by atoms with Gasteiger partial charge in [0.05, 0.1) is 19.1 Å². The van der Waals surface area contributed by atoms with Crippen LogP contribution in [0.4, 0.5) is 0 Å². The standard InChI is InChI=1S/C9H17N3O2/c1-9(2,11)7-14-6-8(13)12-5-3-4-10/h3,5-7,11H2,1-2H3,(H,12,13). The fraction of sp³-hybridized carbons (Fsp3) is 0.778. The van der Waals surface area contributed by atoms with Crippen LogP contribution in [-0.4, -0.2) is 31.2 Å². The zero-order valence-corrected chi connectivity index (χ0v) is 8.67. The number of nitrogens with zero attached hydrogens (tertiary/aromatic N) is 1. The molecule has 0 aliphatic rings. The molecule has 5 nitrogen and oxygen atoms in total. The molecule has 5 heteroatoms. The van der Waals surface area contributed by atoms with Crippen molar-refractivity contribution in [2.45, 2.75) is 25.8 Å². The topological polar surface area (TPSA) is 88.1 Å². The summed E-state index contributed by atoms with van der Waals surface area (Å²) >= 11 is 0. The quantitative estimate of drug-likeness (QED) is 0.578. The molecular formula is C9H17N3O2. The van der Waals surface area contributed by atoms with Crippen LogP contribution in [0.1, 0.15) is 20.3 Å². The van der Waals surface area contributed by atoms with Gasteiger partial charge in [-0.3, -0.25) is 4.79 Å². The minimum atomic E-state index is -0.424. The Morgan fingerprint density at radius 2 is 2.29 bits per heavy atom. The van der Waals surface area contributed by atoms with Crippen LogP contribution in [0.15, 0.2) is 0 Å². The Bertz CT molecular complexity index is 215. The van der Waals surface area contributed by atoms with Gasteiger partial charge in [-0.25, -0.2) is 0 Å². The van der Waals surface area contributed by atoms with Crippen molar-refractivity contribution < 1.29 is 9.53 Å². The van der Waals surface area contributed by atoms with E-state index in [4.69, 9.17) is 15.7 Å². The number of hydrogen-bond donors (Lipinski definition) is 2. The Labute approximate surface area is 84.2 Å². The van der Waals surface area contributed by atoms with Crippen molar-refractivity contribution in [3.63, 3.8) is 0 Å². The van der Waals surface area contributed by atoms with Crippen LogP contribution in [0, 0.1) is 11.3 Å². The average molecular weight is 199 g/mol. The molecule has 0 unspecified atom stereocenters. The molecule has 0 fully saturated rings. The fourth-order valence-electron chi connectivity index (χ4n) is 0.716. The highest BCUT2D eigenvalue weighted by Crippen LogP contribution is 1.96. The van der Waals surface area contributed by atoms with Gasteiger partial charge >= 0.3 is 0 Å². The second-order valence-electron chi connectivity index (χ2n) is 3.74. The van der Waals surface area contributed by atoms with E-state index in [9.17, 15) is 4.79 Å². The number of hydrogen-bond acceptors (Lipinski definition) is 4. The lowest BCUT2D eigenvalue weighted by atomic mass is 10.1. The first-order chi connectivity index (χ1) is 6.45. The summed E-state index contributed by atoms with van der Waals surface area (Å²) in [5, 5.41) is 10.8. The molecule has 0 radical (unpaired) electrons. The molecule has 3 N–H and O–H groups in total. The Hall–Kier alpha value is -1.12. The predicted octanol–water partition coefficient (Wildman–Crippen LogP) is -0.230. The van der Waals surface area contributed by atoms with Crippen molar-refractivity contribution in [1.82, 2.24) is 5.32 Å². The molecule has 0 bridgehead atoms. The first-order valence-corrected chi connectivity index (χ1v) is 4.46. The Morgan fingerprint density at radius 3 is 2.79 bits per heavy atom. The maximum atomic E-state index is 11.0. The number of carbonyl (C=O) groups is 1. The maximum Gasteiger partial charge on any atom is 0.246 e. The molecule has 0 rings (SSSR count). The third-order valence-electron chi connectivity index (χ3n) is 1.27. The largest absolute Gasteiger partial charge is 0.370 e. The zero-order chi connectivity index (χ0) is 11.0. The van der Waals surface area contributed by atoms with Crippen LogP contribution in [-0.2, 0) is 9.53 Å². The van der Waals surface area contributed by atoms with Crippen LogP contribution in [0.3, 0.4) is 0 Å². The van der Waals surface area contributed by atoms with Gasteiger partial charge in [0, 0.05) is 12.1 Å². The molecule has 0 atom stereocenters. The van der Waals surface area contributed by atoms with Crippen molar-refractivity contribution in [3.05, 3.63) is 0 Å². The predicted molar refractivity (Wildman–Crippen MR) is 52.3 cm³/mol. The van der Waals surface area contributed by atoms with Gasteiger partial charge in [0.25, 0.3) is 0 Å². The van der Waals surface area contributed by atoms with E-state index in [2.05, 4.69) is 5.32 Å². The lowest BCUT2D eigenvalue weighted by Gasteiger charge is -2.17. The van der Waals surface area contributed by atoms with Crippen LogP contribution >= 0.6 is 0 Å². The maximum absolute atomic E-state index is 11.0. The lowest BCUT2D eigenvalue weighted by Crippen LogP contribution is -2.39. The number of nitriles is 1. The number of rotatable bonds is 6. The van der Waals surface area contributed by atoms with E-state index in [1.54, 1.807) is 0 Å². The highest BCUT2D eigenvalue weighted by atomic mass is 16.5. The molecule has 0 aliphatic carbocycles. The fourth-order valence-corrected chi connectivity index (χ4v) is 0.716. The van der Waals surface area contributed by atoms with E-state index < -0.39 is 5.54 Å². The molecule has 0 aromatic carbocycles. The van der Waals surface area contributed by atoms with Crippen LogP contribution in [0.25, 0.3) is 0 Å². The second kappa shape index (κ2) is 6.35. The number of amides is 1. The monoisotopic (exact) mass is 199 g/mol. The zero-order valence-electron chi connectivity index (χ0n) is 8.67. The highest BCUT2D eigenvalue weighted by molar-refractivity contribution is 5.77. The summed E-state index contributed by atoms with van der Waals surface area (Å²) in [6.07, 6.45) is 0.314. The van der Waals surface area contributed by atoms with Crippen LogP contribution in [0.2, 0.25) is 0 Å². The third-order valence-corrected chi connectivity index (χ3v) is 1.27. The first kappa shape index (κ1) is 12.9. The molecule has 0 aliphatic heterocycles. The first-order valence-electron chi connectivity index (χ1n) is 4.46. The normalized spacial score (nSPS) is 10.7. The van der Waals surface area contributed by atoms with E-state index in [0.29, 0.717) is 19.6 Å². The van der Waals surface area contributed by atoms with Gasteiger partial charge in [-0.2, -0.15) is 5.26 Å². The lowest BCUT2D eigenvalue weighted by molar-refractivity contribution is -0.126. The van der Waals surface area contributed by atoms with E-state index in [-0.39, 0.29) is 12.5 Å². The highest BCUT2D eigenvalue weighted by Gasteiger charge is 2.11. The van der Waals surface area contributed by atoms with Crippen molar-refractivity contribution in [2.75, 3.05) is 19.8 Å². The Morgan fingerprint density at radius 1 is 1.64 bits per heavy atom. The number of nitrogens with two attached hydrogens (primary N) is 1. The molecular weight excluding hydrogens is 182 g/mol. The molecule has 0 heterocycles. The van der Waals surface area contributed by atoms with Crippen molar-refractivity contribution >= 4 is 5.91 Å². The van der Waals surface area contributed by atoms with E-state index in [0.717, 1.165) is 0 Å². The van der Waals surface area contributed by atoms with Gasteiger partial charge in [0.15, 0.2) is 0 Å². The second-order valence-corrected chi connectivity index (χ2v) is 3.74. The van der Waals surface area contributed by atoms with Gasteiger partial charge in [-0.05, 0) is 13.8 Å². The number of nitrogens with one attached hydrogen (secondary N) is 1. The van der Waals surface area contributed by atoms with Gasteiger partial charge < -0.3 is 15.8 Å². The third kappa shape index (κ3) is 8.97. The summed E-state index contributed by atoms with van der Waals surface area (Å²) in [4.78, 5) is 11.0. The summed E-state index contributed by atoms with van der Waals surface area (Å²) in [5.74, 6) is -0.218. The summed E-state index contributed by atoms with van der Waals surface area (Å²) < 4.78 is 5.07. The van der Waals surface area contributed by atoms with E-state index in [1.165, 1.54) is 0 Å². The smallest absolute Gasteiger partial charge is 0.246 e. The average Bonchev–Trinajstić information content (AvgIpc) is 2.02. The molecule has 80 valence electrons. The van der Waals surface area contributed by atoms with Gasteiger partial charge in [-0.15, -0.1) is 0 Å². The van der Waals surface area contributed by atoms with Crippen molar-refractivity contribution in [2.24, 2.45) is 5.73 Å².